The minimum Gasteiger partial charge on any atom is -0.493 e. The molecular formula is C29H29N3O3. The molecule has 1 aliphatic rings. The van der Waals surface area contributed by atoms with Gasteiger partial charge in [-0.2, -0.15) is 5.10 Å². The first-order chi connectivity index (χ1) is 17.1. The lowest BCUT2D eigenvalue weighted by atomic mass is 9.95. The number of rotatable bonds is 8. The standard InChI is InChI=1S/C29H29N3O3/c1-19(2)17-32-28(25-26(21-12-8-5-9-13-21)30-31-27(25)29(32)33)22-14-15-23(24(16-22)34-3)35-18-20-10-6-4-7-11-20/h4-16,19,28H,17-18H2,1-3H3,(H,30,31). The first kappa shape index (κ1) is 22.7. The van der Waals surface area contributed by atoms with Crippen LogP contribution in [0.3, 0.4) is 0 Å². The molecule has 6 heteroatoms. The Hall–Kier alpha value is -4.06. The molecule has 0 fully saturated rings. The number of nitrogens with one attached hydrogen (secondary N) is 1. The van der Waals surface area contributed by atoms with E-state index >= 15 is 0 Å². The fraction of sp³-hybridized carbons (Fsp3) is 0.241. The van der Waals surface area contributed by atoms with Gasteiger partial charge in [0.05, 0.1) is 18.8 Å². The van der Waals surface area contributed by atoms with E-state index < -0.39 is 0 Å². The van der Waals surface area contributed by atoms with Gasteiger partial charge in [-0.05, 0) is 29.2 Å². The summed E-state index contributed by atoms with van der Waals surface area (Å²) in [6, 6.07) is 25.6. The van der Waals surface area contributed by atoms with Crippen LogP contribution in [-0.4, -0.2) is 34.7 Å². The molecule has 0 aliphatic carbocycles. The van der Waals surface area contributed by atoms with Crippen LogP contribution in [0.5, 0.6) is 11.5 Å². The molecule has 0 saturated carbocycles. The Labute approximate surface area is 205 Å². The number of amides is 1. The van der Waals surface area contributed by atoms with Crippen molar-refractivity contribution in [1.82, 2.24) is 15.1 Å². The molecule has 6 nitrogen and oxygen atoms in total. The lowest BCUT2D eigenvalue weighted by molar-refractivity contribution is 0.0722. The molecular weight excluding hydrogens is 438 g/mol. The number of aromatic nitrogens is 2. The van der Waals surface area contributed by atoms with Crippen LogP contribution in [0.1, 0.15) is 47.1 Å². The quantitative estimate of drug-likeness (QED) is 0.352. The van der Waals surface area contributed by atoms with Crippen LogP contribution in [0, 0.1) is 5.92 Å². The Kier molecular flexibility index (Phi) is 6.27. The van der Waals surface area contributed by atoms with Crippen molar-refractivity contribution in [2.24, 2.45) is 5.92 Å². The molecule has 0 radical (unpaired) electrons. The average Bonchev–Trinajstić information content (AvgIpc) is 3.42. The molecule has 1 unspecified atom stereocenters. The Morgan fingerprint density at radius 3 is 2.37 bits per heavy atom. The molecule has 3 aromatic carbocycles. The third-order valence-corrected chi connectivity index (χ3v) is 6.21. The molecule has 1 amide bonds. The number of hydrogen-bond donors (Lipinski definition) is 1. The monoisotopic (exact) mass is 467 g/mol. The number of methoxy groups -OCH3 is 1. The first-order valence-electron chi connectivity index (χ1n) is 11.9. The highest BCUT2D eigenvalue weighted by molar-refractivity contribution is 6.00. The second-order valence-electron chi connectivity index (χ2n) is 9.17. The number of carbonyl (C=O) groups is 1. The Balaban J connectivity index is 1.54. The normalized spacial score (nSPS) is 14.9. The number of ether oxygens (including phenoxy) is 2. The van der Waals surface area contributed by atoms with Gasteiger partial charge in [0, 0.05) is 17.7 Å². The lowest BCUT2D eigenvalue weighted by Gasteiger charge is -2.28. The number of fused-ring (bicyclic) bond motifs is 1. The van der Waals surface area contributed by atoms with Crippen molar-refractivity contribution >= 4 is 5.91 Å². The number of nitrogens with zero attached hydrogens (tertiary/aromatic N) is 2. The zero-order valence-corrected chi connectivity index (χ0v) is 20.2. The van der Waals surface area contributed by atoms with Crippen LogP contribution in [0.15, 0.2) is 78.9 Å². The van der Waals surface area contributed by atoms with Crippen molar-refractivity contribution in [1.29, 1.82) is 0 Å². The largest absolute Gasteiger partial charge is 0.493 e. The molecule has 1 N–H and O–H groups in total. The third kappa shape index (κ3) is 4.39. The van der Waals surface area contributed by atoms with Crippen LogP contribution in [0.2, 0.25) is 0 Å². The SMILES string of the molecule is COc1cc(C2c3c(-c4ccccc4)n[nH]c3C(=O)N2CC(C)C)ccc1OCc1ccccc1. The fourth-order valence-electron chi connectivity index (χ4n) is 4.65. The summed E-state index contributed by atoms with van der Waals surface area (Å²) < 4.78 is 11.8. The van der Waals surface area contributed by atoms with Gasteiger partial charge in [-0.25, -0.2) is 0 Å². The van der Waals surface area contributed by atoms with Gasteiger partial charge >= 0.3 is 0 Å². The molecule has 5 rings (SSSR count). The van der Waals surface area contributed by atoms with Crippen molar-refractivity contribution in [2.45, 2.75) is 26.5 Å². The van der Waals surface area contributed by atoms with E-state index in [0.717, 1.165) is 27.9 Å². The predicted octanol–water partition coefficient (Wildman–Crippen LogP) is 5.87. The maximum absolute atomic E-state index is 13.4. The number of hydrogen-bond acceptors (Lipinski definition) is 4. The van der Waals surface area contributed by atoms with Crippen LogP contribution in [-0.2, 0) is 6.61 Å². The molecule has 4 aromatic rings. The molecule has 0 spiro atoms. The van der Waals surface area contributed by atoms with Crippen molar-refractivity contribution in [3.63, 3.8) is 0 Å². The van der Waals surface area contributed by atoms with E-state index in [9.17, 15) is 4.79 Å². The minimum absolute atomic E-state index is 0.0308. The van der Waals surface area contributed by atoms with E-state index in [1.807, 2.05) is 83.8 Å². The van der Waals surface area contributed by atoms with Gasteiger partial charge in [0.1, 0.15) is 12.3 Å². The predicted molar refractivity (Wildman–Crippen MR) is 136 cm³/mol. The molecule has 1 aliphatic heterocycles. The number of aromatic amines is 1. The summed E-state index contributed by atoms with van der Waals surface area (Å²) in [6.45, 7) is 5.32. The van der Waals surface area contributed by atoms with E-state index in [4.69, 9.17) is 9.47 Å². The van der Waals surface area contributed by atoms with Gasteiger partial charge < -0.3 is 14.4 Å². The number of H-pyrrole nitrogens is 1. The Bertz CT molecular complexity index is 1320. The molecule has 0 bridgehead atoms. The highest BCUT2D eigenvalue weighted by Crippen LogP contribution is 2.44. The van der Waals surface area contributed by atoms with E-state index in [-0.39, 0.29) is 11.9 Å². The highest BCUT2D eigenvalue weighted by atomic mass is 16.5. The minimum atomic E-state index is -0.272. The summed E-state index contributed by atoms with van der Waals surface area (Å²) in [7, 11) is 1.64. The van der Waals surface area contributed by atoms with Gasteiger partial charge in [0.2, 0.25) is 0 Å². The van der Waals surface area contributed by atoms with Crippen molar-refractivity contribution < 1.29 is 14.3 Å². The third-order valence-electron chi connectivity index (χ3n) is 6.21. The van der Waals surface area contributed by atoms with E-state index in [1.54, 1.807) is 7.11 Å². The maximum atomic E-state index is 13.4. The second-order valence-corrected chi connectivity index (χ2v) is 9.17. The summed E-state index contributed by atoms with van der Waals surface area (Å²) in [5.41, 5.74) is 5.27. The van der Waals surface area contributed by atoms with Gasteiger partial charge in [-0.15, -0.1) is 0 Å². The maximum Gasteiger partial charge on any atom is 0.273 e. The van der Waals surface area contributed by atoms with Crippen molar-refractivity contribution in [3.8, 4) is 22.8 Å². The highest BCUT2D eigenvalue weighted by Gasteiger charge is 2.42. The number of benzene rings is 3. The number of carbonyl (C=O) groups excluding carboxylic acids is 1. The summed E-state index contributed by atoms with van der Waals surface area (Å²) in [5.74, 6) is 1.58. The lowest BCUT2D eigenvalue weighted by Crippen LogP contribution is -2.32. The van der Waals surface area contributed by atoms with Gasteiger partial charge in [-0.1, -0.05) is 80.6 Å². The molecule has 0 saturated heterocycles. The second kappa shape index (κ2) is 9.66. The molecule has 1 aromatic heterocycles. The van der Waals surface area contributed by atoms with Gasteiger partial charge in [0.25, 0.3) is 5.91 Å². The first-order valence-corrected chi connectivity index (χ1v) is 11.9. The molecule has 2 heterocycles. The fourth-order valence-corrected chi connectivity index (χ4v) is 4.65. The van der Waals surface area contributed by atoms with E-state index in [1.165, 1.54) is 0 Å². The van der Waals surface area contributed by atoms with Gasteiger partial charge in [0.15, 0.2) is 11.5 Å². The molecule has 35 heavy (non-hydrogen) atoms. The Morgan fingerprint density at radius 2 is 1.69 bits per heavy atom. The summed E-state index contributed by atoms with van der Waals surface area (Å²) in [6.07, 6.45) is 0. The topological polar surface area (TPSA) is 67.5 Å². The van der Waals surface area contributed by atoms with Crippen LogP contribution >= 0.6 is 0 Å². The average molecular weight is 468 g/mol. The molecule has 1 atom stereocenters. The van der Waals surface area contributed by atoms with Crippen LogP contribution < -0.4 is 9.47 Å². The van der Waals surface area contributed by atoms with Gasteiger partial charge in [-0.3, -0.25) is 9.89 Å². The zero-order valence-electron chi connectivity index (χ0n) is 20.2. The zero-order chi connectivity index (χ0) is 24.4. The summed E-state index contributed by atoms with van der Waals surface area (Å²) >= 11 is 0. The van der Waals surface area contributed by atoms with E-state index in [0.29, 0.717) is 36.3 Å². The summed E-state index contributed by atoms with van der Waals surface area (Å²) in [5, 5.41) is 7.56. The van der Waals surface area contributed by atoms with Crippen molar-refractivity contribution in [2.75, 3.05) is 13.7 Å². The summed E-state index contributed by atoms with van der Waals surface area (Å²) in [4.78, 5) is 15.4. The van der Waals surface area contributed by atoms with E-state index in [2.05, 4.69) is 24.0 Å². The smallest absolute Gasteiger partial charge is 0.273 e. The van der Waals surface area contributed by atoms with Crippen LogP contribution in [0.25, 0.3) is 11.3 Å². The van der Waals surface area contributed by atoms with Crippen LogP contribution in [0.4, 0.5) is 0 Å². The Morgan fingerprint density at radius 1 is 0.971 bits per heavy atom. The van der Waals surface area contributed by atoms with Crippen molar-refractivity contribution in [3.05, 3.63) is 101 Å². The molecule has 178 valence electrons.